The molecule has 0 atom stereocenters. The predicted molar refractivity (Wildman–Crippen MR) is 104 cm³/mol. The van der Waals surface area contributed by atoms with Crippen LogP contribution in [0, 0.1) is 0 Å². The van der Waals surface area contributed by atoms with E-state index < -0.39 is 5.91 Å². The van der Waals surface area contributed by atoms with Gasteiger partial charge in [-0.05, 0) is 18.7 Å². The first-order valence-corrected chi connectivity index (χ1v) is 8.95. The van der Waals surface area contributed by atoms with Crippen molar-refractivity contribution >= 4 is 22.6 Å². The van der Waals surface area contributed by atoms with E-state index in [1.807, 2.05) is 42.5 Å². The maximum absolute atomic E-state index is 12.0. The Morgan fingerprint density at radius 2 is 1.77 bits per heavy atom. The molecule has 2 heterocycles. The summed E-state index contributed by atoms with van der Waals surface area (Å²) in [7, 11) is 2.13. The fourth-order valence-electron chi connectivity index (χ4n) is 3.63. The van der Waals surface area contributed by atoms with Crippen LogP contribution in [0.15, 0.2) is 52.9 Å². The number of likely N-dealkylation sites (N-methyl/N-ethyl adjacent to an activating group) is 1. The van der Waals surface area contributed by atoms with Crippen molar-refractivity contribution in [2.75, 3.05) is 38.1 Å². The summed E-state index contributed by atoms with van der Waals surface area (Å²) >= 11 is 0. The molecule has 2 aromatic carbocycles. The monoisotopic (exact) mass is 349 g/mol. The standard InChI is InChI=1S/C21H23N3O2/c1-23-10-12-24(13-11-23)18-9-5-8-16-17(14-15-6-3-2-4-7-15)20(21(22)25)26-19(16)18/h2-9H,10-14H2,1H3,(H2,22,25). The number of primary amides is 1. The number of benzene rings is 2. The largest absolute Gasteiger partial charge is 0.448 e. The van der Waals surface area contributed by atoms with Crippen LogP contribution < -0.4 is 10.6 Å². The number of para-hydroxylation sites is 1. The van der Waals surface area contributed by atoms with Crippen LogP contribution in [0.5, 0.6) is 0 Å². The first-order valence-electron chi connectivity index (χ1n) is 8.95. The minimum absolute atomic E-state index is 0.269. The fraction of sp³-hybridized carbons (Fsp3) is 0.286. The van der Waals surface area contributed by atoms with E-state index in [0.717, 1.165) is 54.0 Å². The molecule has 1 aliphatic rings. The average molecular weight is 349 g/mol. The van der Waals surface area contributed by atoms with Crippen molar-refractivity contribution in [1.29, 1.82) is 0 Å². The van der Waals surface area contributed by atoms with Crippen molar-refractivity contribution in [3.8, 4) is 0 Å². The van der Waals surface area contributed by atoms with Crippen LogP contribution in [-0.2, 0) is 6.42 Å². The summed E-state index contributed by atoms with van der Waals surface area (Å²) in [5, 5.41) is 0.971. The summed E-state index contributed by atoms with van der Waals surface area (Å²) in [5.74, 6) is -0.248. The van der Waals surface area contributed by atoms with Crippen LogP contribution in [-0.4, -0.2) is 44.0 Å². The summed E-state index contributed by atoms with van der Waals surface area (Å²) in [5.41, 5.74) is 9.42. The van der Waals surface area contributed by atoms with Gasteiger partial charge < -0.3 is 20.0 Å². The Morgan fingerprint density at radius 3 is 2.46 bits per heavy atom. The van der Waals surface area contributed by atoms with Gasteiger partial charge in [0.1, 0.15) is 0 Å². The molecule has 4 rings (SSSR count). The van der Waals surface area contributed by atoms with Crippen LogP contribution in [0.4, 0.5) is 5.69 Å². The number of anilines is 1. The predicted octanol–water partition coefficient (Wildman–Crippen LogP) is 2.87. The molecule has 3 aromatic rings. The Balaban J connectivity index is 1.80. The molecule has 134 valence electrons. The maximum atomic E-state index is 12.0. The summed E-state index contributed by atoms with van der Waals surface area (Å²) in [6.07, 6.45) is 0.623. The number of fused-ring (bicyclic) bond motifs is 1. The first-order chi connectivity index (χ1) is 12.6. The Labute approximate surface area is 153 Å². The quantitative estimate of drug-likeness (QED) is 0.787. The molecule has 0 spiro atoms. The highest BCUT2D eigenvalue weighted by atomic mass is 16.3. The minimum Gasteiger partial charge on any atom is -0.448 e. The minimum atomic E-state index is -0.517. The zero-order valence-electron chi connectivity index (χ0n) is 14.9. The zero-order chi connectivity index (χ0) is 18.1. The Hall–Kier alpha value is -2.79. The van der Waals surface area contributed by atoms with Gasteiger partial charge in [0, 0.05) is 43.5 Å². The summed E-state index contributed by atoms with van der Waals surface area (Å²) in [6, 6.07) is 16.2. The molecule has 0 unspecified atom stereocenters. The van der Waals surface area contributed by atoms with Crippen molar-refractivity contribution in [2.45, 2.75) is 6.42 Å². The van der Waals surface area contributed by atoms with Gasteiger partial charge in [-0.25, -0.2) is 0 Å². The molecule has 0 bridgehead atoms. The van der Waals surface area contributed by atoms with Crippen molar-refractivity contribution in [2.24, 2.45) is 5.73 Å². The van der Waals surface area contributed by atoms with Crippen molar-refractivity contribution in [1.82, 2.24) is 4.90 Å². The molecule has 2 N–H and O–H groups in total. The topological polar surface area (TPSA) is 62.7 Å². The molecular formula is C21H23N3O2. The van der Waals surface area contributed by atoms with Gasteiger partial charge in [0.05, 0.1) is 5.69 Å². The molecule has 0 saturated carbocycles. The van der Waals surface area contributed by atoms with E-state index in [4.69, 9.17) is 10.2 Å². The normalized spacial score (nSPS) is 15.5. The van der Waals surface area contributed by atoms with Gasteiger partial charge in [-0.15, -0.1) is 0 Å². The molecule has 1 amide bonds. The molecule has 26 heavy (non-hydrogen) atoms. The Bertz CT molecular complexity index is 925. The molecule has 1 saturated heterocycles. The van der Waals surface area contributed by atoms with E-state index in [-0.39, 0.29) is 5.76 Å². The van der Waals surface area contributed by atoms with Crippen molar-refractivity contribution in [3.05, 3.63) is 65.4 Å². The number of nitrogens with two attached hydrogens (primary N) is 1. The fourth-order valence-corrected chi connectivity index (χ4v) is 3.63. The van der Waals surface area contributed by atoms with Gasteiger partial charge in [-0.1, -0.05) is 42.5 Å². The molecule has 5 nitrogen and oxygen atoms in total. The number of piperazine rings is 1. The zero-order valence-corrected chi connectivity index (χ0v) is 14.9. The van der Waals surface area contributed by atoms with Gasteiger partial charge >= 0.3 is 0 Å². The highest BCUT2D eigenvalue weighted by molar-refractivity contribution is 6.01. The summed E-state index contributed by atoms with van der Waals surface area (Å²) < 4.78 is 6.01. The smallest absolute Gasteiger partial charge is 0.284 e. The Kier molecular flexibility index (Phi) is 4.39. The van der Waals surface area contributed by atoms with E-state index in [9.17, 15) is 4.79 Å². The van der Waals surface area contributed by atoms with Gasteiger partial charge in [0.25, 0.3) is 5.91 Å². The van der Waals surface area contributed by atoms with Crippen LogP contribution in [0.1, 0.15) is 21.7 Å². The molecule has 5 heteroatoms. The number of rotatable bonds is 4. The number of carbonyl (C=O) groups excluding carboxylic acids is 1. The van der Waals surface area contributed by atoms with E-state index in [2.05, 4.69) is 22.9 Å². The van der Waals surface area contributed by atoms with E-state index in [0.29, 0.717) is 6.42 Å². The summed E-state index contributed by atoms with van der Waals surface area (Å²) in [4.78, 5) is 16.7. The van der Waals surface area contributed by atoms with Crippen molar-refractivity contribution < 1.29 is 9.21 Å². The van der Waals surface area contributed by atoms with E-state index in [1.165, 1.54) is 0 Å². The van der Waals surface area contributed by atoms with E-state index >= 15 is 0 Å². The second-order valence-corrected chi connectivity index (χ2v) is 6.88. The third kappa shape index (κ3) is 3.06. The third-order valence-corrected chi connectivity index (χ3v) is 5.09. The molecule has 1 fully saturated rings. The lowest BCUT2D eigenvalue weighted by atomic mass is 10.0. The maximum Gasteiger partial charge on any atom is 0.284 e. The van der Waals surface area contributed by atoms with Crippen LogP contribution in [0.3, 0.4) is 0 Å². The number of carbonyl (C=O) groups is 1. The Morgan fingerprint density at radius 1 is 1.04 bits per heavy atom. The lowest BCUT2D eigenvalue weighted by molar-refractivity contribution is 0.0975. The highest BCUT2D eigenvalue weighted by Crippen LogP contribution is 2.35. The van der Waals surface area contributed by atoms with Gasteiger partial charge in [0.2, 0.25) is 0 Å². The number of amides is 1. The number of furan rings is 1. The van der Waals surface area contributed by atoms with Crippen LogP contribution >= 0.6 is 0 Å². The lowest BCUT2D eigenvalue weighted by Gasteiger charge is -2.33. The molecule has 1 aliphatic heterocycles. The molecule has 0 aliphatic carbocycles. The first kappa shape index (κ1) is 16.7. The van der Waals surface area contributed by atoms with Gasteiger partial charge in [-0.2, -0.15) is 0 Å². The number of hydrogen-bond donors (Lipinski definition) is 1. The second kappa shape index (κ2) is 6.84. The number of hydrogen-bond acceptors (Lipinski definition) is 4. The van der Waals surface area contributed by atoms with Crippen LogP contribution in [0.2, 0.25) is 0 Å². The molecule has 0 radical (unpaired) electrons. The van der Waals surface area contributed by atoms with Gasteiger partial charge in [0.15, 0.2) is 11.3 Å². The summed E-state index contributed by atoms with van der Waals surface area (Å²) in [6.45, 7) is 3.90. The second-order valence-electron chi connectivity index (χ2n) is 6.88. The molecular weight excluding hydrogens is 326 g/mol. The van der Waals surface area contributed by atoms with Crippen molar-refractivity contribution in [3.63, 3.8) is 0 Å². The average Bonchev–Trinajstić information content (AvgIpc) is 3.02. The third-order valence-electron chi connectivity index (χ3n) is 5.09. The number of nitrogens with zero attached hydrogens (tertiary/aromatic N) is 2. The lowest BCUT2D eigenvalue weighted by Crippen LogP contribution is -2.44. The molecule has 1 aromatic heterocycles. The SMILES string of the molecule is CN1CCN(c2cccc3c(Cc4ccccc4)c(C(N)=O)oc23)CC1. The van der Waals surface area contributed by atoms with E-state index in [1.54, 1.807) is 0 Å². The van der Waals surface area contributed by atoms with Crippen LogP contribution in [0.25, 0.3) is 11.0 Å². The highest BCUT2D eigenvalue weighted by Gasteiger charge is 2.23. The van der Waals surface area contributed by atoms with Gasteiger partial charge in [-0.3, -0.25) is 4.79 Å².